The summed E-state index contributed by atoms with van der Waals surface area (Å²) in [6.07, 6.45) is 1.98. The van der Waals surface area contributed by atoms with E-state index in [9.17, 15) is 14.4 Å². The van der Waals surface area contributed by atoms with E-state index in [0.29, 0.717) is 11.1 Å². The summed E-state index contributed by atoms with van der Waals surface area (Å²) in [5, 5.41) is 9.30. The molecule has 1 saturated carbocycles. The first-order valence-corrected chi connectivity index (χ1v) is 6.54. The molecule has 1 aromatic carbocycles. The van der Waals surface area contributed by atoms with Gasteiger partial charge in [0.2, 0.25) is 0 Å². The van der Waals surface area contributed by atoms with Gasteiger partial charge in [-0.05, 0) is 43.5 Å². The Labute approximate surface area is 115 Å². The number of aromatic nitrogens is 1. The van der Waals surface area contributed by atoms with Gasteiger partial charge in [-0.1, -0.05) is 12.1 Å². The van der Waals surface area contributed by atoms with Crippen molar-refractivity contribution >= 4 is 0 Å². The third-order valence-electron chi connectivity index (χ3n) is 3.61. The van der Waals surface area contributed by atoms with E-state index in [1.165, 1.54) is 12.1 Å². The fraction of sp³-hybridized carbons (Fsp3) is 0.250. The summed E-state index contributed by atoms with van der Waals surface area (Å²) >= 11 is 0. The summed E-state index contributed by atoms with van der Waals surface area (Å²) in [6, 6.07) is 9.91. The molecule has 0 amide bonds. The van der Waals surface area contributed by atoms with Crippen LogP contribution in [0, 0.1) is 24.1 Å². The van der Waals surface area contributed by atoms with Gasteiger partial charge < -0.3 is 4.57 Å². The van der Waals surface area contributed by atoms with Crippen LogP contribution in [0.2, 0.25) is 0 Å². The molecule has 20 heavy (non-hydrogen) atoms. The Morgan fingerprint density at radius 1 is 1.30 bits per heavy atom. The first-order valence-electron chi connectivity index (χ1n) is 6.54. The van der Waals surface area contributed by atoms with Crippen LogP contribution in [-0.2, 0) is 0 Å². The maximum absolute atomic E-state index is 13.0. The number of halogens is 1. The molecule has 0 N–H and O–H groups in total. The molecular formula is C16H13FN2O. The van der Waals surface area contributed by atoms with E-state index in [4.69, 9.17) is 0 Å². The smallest absolute Gasteiger partial charge is 0.269 e. The maximum atomic E-state index is 13.0. The summed E-state index contributed by atoms with van der Waals surface area (Å²) in [4.78, 5) is 12.4. The minimum atomic E-state index is -0.338. The van der Waals surface area contributed by atoms with Gasteiger partial charge in [0, 0.05) is 17.3 Å². The number of rotatable bonds is 2. The Balaban J connectivity index is 2.24. The topological polar surface area (TPSA) is 45.8 Å². The zero-order valence-corrected chi connectivity index (χ0v) is 11.1. The number of benzene rings is 1. The second kappa shape index (κ2) is 4.61. The predicted molar refractivity (Wildman–Crippen MR) is 73.8 cm³/mol. The molecule has 2 aromatic rings. The molecule has 0 spiro atoms. The van der Waals surface area contributed by atoms with Crippen molar-refractivity contribution in [2.75, 3.05) is 0 Å². The van der Waals surface area contributed by atoms with Crippen molar-refractivity contribution in [3.63, 3.8) is 0 Å². The lowest BCUT2D eigenvalue weighted by Gasteiger charge is -2.12. The summed E-state index contributed by atoms with van der Waals surface area (Å²) in [6.45, 7) is 1.87. The molecule has 1 aromatic heterocycles. The van der Waals surface area contributed by atoms with Crippen LogP contribution in [0.4, 0.5) is 4.39 Å². The van der Waals surface area contributed by atoms with Crippen LogP contribution in [0.25, 0.3) is 11.1 Å². The van der Waals surface area contributed by atoms with Gasteiger partial charge in [0.25, 0.3) is 5.56 Å². The highest BCUT2D eigenvalue weighted by Crippen LogP contribution is 2.35. The predicted octanol–water partition coefficient (Wildman–Crippen LogP) is 3.17. The molecule has 100 valence electrons. The lowest BCUT2D eigenvalue weighted by molar-refractivity contribution is 0.628. The number of hydrogen-bond donors (Lipinski definition) is 0. The Morgan fingerprint density at radius 2 is 1.95 bits per heavy atom. The minimum Gasteiger partial charge on any atom is -0.309 e. The third kappa shape index (κ3) is 2.01. The molecule has 1 fully saturated rings. The summed E-state index contributed by atoms with van der Waals surface area (Å²) in [5.41, 5.74) is 2.00. The van der Waals surface area contributed by atoms with Crippen LogP contribution >= 0.6 is 0 Å². The van der Waals surface area contributed by atoms with Crippen LogP contribution in [0.5, 0.6) is 0 Å². The van der Waals surface area contributed by atoms with E-state index in [0.717, 1.165) is 18.5 Å². The number of aryl methyl sites for hydroxylation is 1. The van der Waals surface area contributed by atoms with E-state index < -0.39 is 0 Å². The van der Waals surface area contributed by atoms with Gasteiger partial charge in [0.05, 0.1) is 0 Å². The van der Waals surface area contributed by atoms with Crippen LogP contribution in [0.15, 0.2) is 35.1 Å². The number of hydrogen-bond acceptors (Lipinski definition) is 2. The molecular weight excluding hydrogens is 255 g/mol. The van der Waals surface area contributed by atoms with Crippen molar-refractivity contribution in [2.24, 2.45) is 0 Å². The van der Waals surface area contributed by atoms with E-state index in [-0.39, 0.29) is 23.0 Å². The van der Waals surface area contributed by atoms with Crippen molar-refractivity contribution in [3.8, 4) is 17.2 Å². The van der Waals surface area contributed by atoms with Gasteiger partial charge in [0.15, 0.2) is 0 Å². The van der Waals surface area contributed by atoms with E-state index in [1.54, 1.807) is 16.7 Å². The molecule has 0 aliphatic heterocycles. The Bertz CT molecular complexity index is 765. The standard InChI is InChI=1S/C16H13FN2O/c1-10-8-14(11-2-4-12(17)5-3-11)15(9-18)16(20)19(10)13-6-7-13/h2-5,8,13H,6-7H2,1H3. The Morgan fingerprint density at radius 3 is 2.50 bits per heavy atom. The van der Waals surface area contributed by atoms with Gasteiger partial charge >= 0.3 is 0 Å². The van der Waals surface area contributed by atoms with Crippen molar-refractivity contribution in [1.82, 2.24) is 4.57 Å². The average molecular weight is 268 g/mol. The zero-order valence-electron chi connectivity index (χ0n) is 11.1. The minimum absolute atomic E-state index is 0.133. The second-order valence-electron chi connectivity index (χ2n) is 5.10. The number of nitrogens with zero attached hydrogens (tertiary/aromatic N) is 2. The highest BCUT2D eigenvalue weighted by Gasteiger charge is 2.27. The number of pyridine rings is 1. The van der Waals surface area contributed by atoms with Gasteiger partial charge in [-0.2, -0.15) is 5.26 Å². The second-order valence-corrected chi connectivity index (χ2v) is 5.10. The van der Waals surface area contributed by atoms with Crippen molar-refractivity contribution in [1.29, 1.82) is 5.26 Å². The van der Waals surface area contributed by atoms with E-state index in [1.807, 2.05) is 19.1 Å². The molecule has 0 saturated heterocycles. The summed E-state index contributed by atoms with van der Waals surface area (Å²) < 4.78 is 14.7. The molecule has 1 aliphatic carbocycles. The van der Waals surface area contributed by atoms with Crippen molar-refractivity contribution < 1.29 is 4.39 Å². The molecule has 4 heteroatoms. The van der Waals surface area contributed by atoms with Crippen molar-refractivity contribution in [3.05, 3.63) is 57.8 Å². The van der Waals surface area contributed by atoms with Crippen molar-refractivity contribution in [2.45, 2.75) is 25.8 Å². The van der Waals surface area contributed by atoms with Crippen LogP contribution in [-0.4, -0.2) is 4.57 Å². The van der Waals surface area contributed by atoms with Gasteiger partial charge in [-0.25, -0.2) is 4.39 Å². The highest BCUT2D eigenvalue weighted by molar-refractivity contribution is 5.70. The van der Waals surface area contributed by atoms with Gasteiger partial charge in [-0.3, -0.25) is 4.79 Å². The fourth-order valence-electron chi connectivity index (χ4n) is 2.50. The van der Waals surface area contributed by atoms with Crippen LogP contribution < -0.4 is 5.56 Å². The van der Waals surface area contributed by atoms with E-state index in [2.05, 4.69) is 0 Å². The Hall–Kier alpha value is -2.41. The molecule has 1 aliphatic rings. The molecule has 3 nitrogen and oxygen atoms in total. The average Bonchev–Trinajstić information content (AvgIpc) is 3.24. The van der Waals surface area contributed by atoms with Crippen LogP contribution in [0.1, 0.15) is 30.1 Å². The molecule has 1 heterocycles. The molecule has 0 radical (unpaired) electrons. The SMILES string of the molecule is Cc1cc(-c2ccc(F)cc2)c(C#N)c(=O)n1C1CC1. The number of nitriles is 1. The maximum Gasteiger partial charge on any atom is 0.269 e. The zero-order chi connectivity index (χ0) is 14.3. The van der Waals surface area contributed by atoms with Gasteiger partial charge in [0.1, 0.15) is 17.4 Å². The van der Waals surface area contributed by atoms with Gasteiger partial charge in [-0.15, -0.1) is 0 Å². The summed E-state index contributed by atoms with van der Waals surface area (Å²) in [7, 11) is 0. The lowest BCUT2D eigenvalue weighted by atomic mass is 10.0. The first kappa shape index (κ1) is 12.6. The normalized spacial score (nSPS) is 14.1. The highest BCUT2D eigenvalue weighted by atomic mass is 19.1. The third-order valence-corrected chi connectivity index (χ3v) is 3.61. The first-order chi connectivity index (χ1) is 9.61. The summed E-state index contributed by atoms with van der Waals surface area (Å²) in [5.74, 6) is -0.338. The molecule has 3 rings (SSSR count). The van der Waals surface area contributed by atoms with Crippen LogP contribution in [0.3, 0.4) is 0 Å². The van der Waals surface area contributed by atoms with E-state index >= 15 is 0 Å². The molecule has 0 unspecified atom stereocenters. The lowest BCUT2D eigenvalue weighted by Crippen LogP contribution is -2.24. The Kier molecular flexibility index (Phi) is 2.90. The fourth-order valence-corrected chi connectivity index (χ4v) is 2.50. The monoisotopic (exact) mass is 268 g/mol. The molecule has 0 bridgehead atoms. The largest absolute Gasteiger partial charge is 0.309 e. The quantitative estimate of drug-likeness (QED) is 0.839. The molecule has 0 atom stereocenters.